The molecule has 0 unspecified atom stereocenters. The molecule has 1 rings (SSSR count). The first-order valence-corrected chi connectivity index (χ1v) is 4.38. The van der Waals surface area contributed by atoms with Crippen LogP contribution in [-0.2, 0) is 6.54 Å². The van der Waals surface area contributed by atoms with Crippen LogP contribution in [0.15, 0.2) is 23.3 Å². The van der Waals surface area contributed by atoms with Crippen LogP contribution < -0.4 is 0 Å². The van der Waals surface area contributed by atoms with Crippen LogP contribution in [0.2, 0.25) is 0 Å². The van der Waals surface area contributed by atoms with Gasteiger partial charge in [-0.05, 0) is 18.6 Å². The normalized spacial score (nSPS) is 10.9. The zero-order chi connectivity index (χ0) is 11.3. The lowest BCUT2D eigenvalue weighted by Gasteiger charge is -2.17. The monoisotopic (exact) mass is 206 g/mol. The fourth-order valence-corrected chi connectivity index (χ4v) is 1.05. The van der Waals surface area contributed by atoms with Gasteiger partial charge in [-0.3, -0.25) is 0 Å². The minimum absolute atomic E-state index is 0.496. The van der Waals surface area contributed by atoms with E-state index in [1.807, 2.05) is 0 Å². The zero-order valence-corrected chi connectivity index (χ0v) is 8.61. The van der Waals surface area contributed by atoms with E-state index in [-0.39, 0.29) is 0 Å². The van der Waals surface area contributed by atoms with Gasteiger partial charge >= 0.3 is 0 Å². The van der Waals surface area contributed by atoms with Crippen molar-refractivity contribution in [2.24, 2.45) is 4.99 Å². The predicted molar refractivity (Wildman–Crippen MR) is 54.4 cm³/mol. The summed E-state index contributed by atoms with van der Waals surface area (Å²) in [6, 6.07) is 2.96. The molecule has 0 aliphatic heterocycles. The van der Waals surface area contributed by atoms with Crippen molar-refractivity contribution in [1.29, 1.82) is 5.26 Å². The molecular formula is C10H11FN4. The summed E-state index contributed by atoms with van der Waals surface area (Å²) in [6.45, 7) is 2.28. The highest BCUT2D eigenvalue weighted by molar-refractivity contribution is 5.80. The highest BCUT2D eigenvalue weighted by atomic mass is 19.1. The minimum Gasteiger partial charge on any atom is -0.358 e. The molecule has 4 nitrogen and oxygen atoms in total. The van der Waals surface area contributed by atoms with Crippen molar-refractivity contribution >= 4 is 5.84 Å². The molecule has 0 bridgehead atoms. The first-order chi connectivity index (χ1) is 7.13. The topological polar surface area (TPSA) is 52.3 Å². The number of pyridine rings is 1. The van der Waals surface area contributed by atoms with Crippen molar-refractivity contribution in [3.05, 3.63) is 29.8 Å². The maximum atomic E-state index is 12.5. The molecular weight excluding hydrogens is 195 g/mol. The average molecular weight is 206 g/mol. The molecule has 0 saturated heterocycles. The molecule has 78 valence electrons. The number of hydrogen-bond donors (Lipinski definition) is 0. The van der Waals surface area contributed by atoms with Crippen molar-refractivity contribution in [3.63, 3.8) is 0 Å². The number of nitriles is 1. The van der Waals surface area contributed by atoms with E-state index in [9.17, 15) is 4.39 Å². The summed E-state index contributed by atoms with van der Waals surface area (Å²) in [5.74, 6) is 0.116. The lowest BCUT2D eigenvalue weighted by atomic mass is 10.2. The quantitative estimate of drug-likeness (QED) is 0.319. The van der Waals surface area contributed by atoms with Gasteiger partial charge in [-0.25, -0.2) is 4.98 Å². The molecule has 0 aliphatic rings. The molecule has 0 radical (unpaired) electrons. The Kier molecular flexibility index (Phi) is 3.75. The lowest BCUT2D eigenvalue weighted by molar-refractivity contribution is 0.494. The number of halogens is 1. The van der Waals surface area contributed by atoms with Crippen molar-refractivity contribution in [3.8, 4) is 6.19 Å². The van der Waals surface area contributed by atoms with Crippen LogP contribution >= 0.6 is 0 Å². The third-order valence-electron chi connectivity index (χ3n) is 1.97. The maximum absolute atomic E-state index is 12.5. The van der Waals surface area contributed by atoms with Crippen molar-refractivity contribution in [2.45, 2.75) is 13.5 Å². The van der Waals surface area contributed by atoms with E-state index in [4.69, 9.17) is 5.26 Å². The number of nitrogens with zero attached hydrogens (tertiary/aromatic N) is 4. The first kappa shape index (κ1) is 11.1. The van der Waals surface area contributed by atoms with Crippen LogP contribution in [0.25, 0.3) is 0 Å². The van der Waals surface area contributed by atoms with Gasteiger partial charge in [0.25, 0.3) is 0 Å². The van der Waals surface area contributed by atoms with E-state index < -0.39 is 5.95 Å². The summed E-state index contributed by atoms with van der Waals surface area (Å²) in [5.41, 5.74) is 0.867. The van der Waals surface area contributed by atoms with Gasteiger partial charge in [0.2, 0.25) is 12.1 Å². The lowest BCUT2D eigenvalue weighted by Crippen LogP contribution is -2.23. The van der Waals surface area contributed by atoms with E-state index in [0.29, 0.717) is 12.4 Å². The number of aromatic nitrogens is 1. The maximum Gasteiger partial charge on any atom is 0.212 e. The van der Waals surface area contributed by atoms with Crippen molar-refractivity contribution < 1.29 is 4.39 Å². The van der Waals surface area contributed by atoms with Gasteiger partial charge in [0.15, 0.2) is 0 Å². The summed E-state index contributed by atoms with van der Waals surface area (Å²) < 4.78 is 12.5. The summed E-state index contributed by atoms with van der Waals surface area (Å²) in [7, 11) is 1.81. The molecule has 1 aromatic heterocycles. The second-order valence-corrected chi connectivity index (χ2v) is 3.10. The van der Waals surface area contributed by atoms with Gasteiger partial charge in [-0.15, -0.1) is 0 Å². The molecule has 0 N–H and O–H groups in total. The van der Waals surface area contributed by atoms with E-state index in [0.717, 1.165) is 5.56 Å². The third kappa shape index (κ3) is 3.35. The van der Waals surface area contributed by atoms with E-state index in [2.05, 4.69) is 9.98 Å². The van der Waals surface area contributed by atoms with Crippen LogP contribution in [0.3, 0.4) is 0 Å². The Morgan fingerprint density at radius 3 is 2.93 bits per heavy atom. The Morgan fingerprint density at radius 1 is 1.67 bits per heavy atom. The van der Waals surface area contributed by atoms with Crippen LogP contribution in [0.1, 0.15) is 12.5 Å². The molecule has 0 spiro atoms. The smallest absolute Gasteiger partial charge is 0.212 e. The Morgan fingerprint density at radius 2 is 2.40 bits per heavy atom. The fraction of sp³-hybridized carbons (Fsp3) is 0.300. The van der Waals surface area contributed by atoms with Gasteiger partial charge in [-0.1, -0.05) is 6.07 Å². The Balaban J connectivity index is 2.67. The van der Waals surface area contributed by atoms with E-state index >= 15 is 0 Å². The molecule has 0 atom stereocenters. The highest BCUT2D eigenvalue weighted by Gasteiger charge is 2.02. The molecule has 0 saturated carbocycles. The average Bonchev–Trinajstić information content (AvgIpc) is 2.22. The number of rotatable bonds is 2. The van der Waals surface area contributed by atoms with Crippen LogP contribution in [0.4, 0.5) is 4.39 Å². The largest absolute Gasteiger partial charge is 0.358 e. The van der Waals surface area contributed by atoms with E-state index in [1.54, 1.807) is 31.1 Å². The van der Waals surface area contributed by atoms with Gasteiger partial charge in [0.05, 0.1) is 0 Å². The predicted octanol–water partition coefficient (Wildman–Crippen LogP) is 1.55. The molecule has 1 aromatic rings. The number of amidine groups is 1. The standard InChI is InChI=1S/C10H11FN4/c1-8(14-7-12)15(2)6-9-3-4-10(11)13-5-9/h3-5H,6H2,1-2H3/b14-8+. The molecule has 15 heavy (non-hydrogen) atoms. The number of hydrogen-bond acceptors (Lipinski definition) is 3. The zero-order valence-electron chi connectivity index (χ0n) is 8.61. The molecule has 0 amide bonds. The molecule has 0 aliphatic carbocycles. The van der Waals surface area contributed by atoms with Crippen LogP contribution in [0.5, 0.6) is 0 Å². The van der Waals surface area contributed by atoms with E-state index in [1.165, 1.54) is 12.3 Å². The Hall–Kier alpha value is -1.96. The molecule has 1 heterocycles. The highest BCUT2D eigenvalue weighted by Crippen LogP contribution is 2.03. The SMILES string of the molecule is C/C(=N\C#N)N(C)Cc1ccc(F)nc1. The Labute approximate surface area is 87.7 Å². The summed E-state index contributed by atoms with van der Waals surface area (Å²) in [5, 5.41) is 8.36. The van der Waals surface area contributed by atoms with Gasteiger partial charge < -0.3 is 4.90 Å². The molecule has 0 aromatic carbocycles. The molecule has 5 heteroatoms. The summed E-state index contributed by atoms with van der Waals surface area (Å²) in [6.07, 6.45) is 3.18. The minimum atomic E-state index is -0.496. The molecule has 0 fully saturated rings. The second kappa shape index (κ2) is 5.05. The summed E-state index contributed by atoms with van der Waals surface area (Å²) >= 11 is 0. The first-order valence-electron chi connectivity index (χ1n) is 4.38. The number of aliphatic imine (C=N–C) groups is 1. The van der Waals surface area contributed by atoms with Gasteiger partial charge in [0, 0.05) is 19.8 Å². The second-order valence-electron chi connectivity index (χ2n) is 3.10. The van der Waals surface area contributed by atoms with Crippen LogP contribution in [-0.4, -0.2) is 22.8 Å². The third-order valence-corrected chi connectivity index (χ3v) is 1.97. The fourth-order valence-electron chi connectivity index (χ4n) is 1.05. The van der Waals surface area contributed by atoms with Gasteiger partial charge in [0.1, 0.15) is 5.84 Å². The summed E-state index contributed by atoms with van der Waals surface area (Å²) in [4.78, 5) is 8.92. The van der Waals surface area contributed by atoms with Crippen LogP contribution in [0, 0.1) is 17.4 Å². The van der Waals surface area contributed by atoms with Crippen molar-refractivity contribution in [1.82, 2.24) is 9.88 Å². The van der Waals surface area contributed by atoms with Crippen molar-refractivity contribution in [2.75, 3.05) is 7.05 Å². The Bertz CT molecular complexity index is 391. The van der Waals surface area contributed by atoms with Gasteiger partial charge in [-0.2, -0.15) is 14.6 Å².